The van der Waals surface area contributed by atoms with Crippen molar-refractivity contribution in [2.75, 3.05) is 26.3 Å². The highest BCUT2D eigenvalue weighted by Gasteiger charge is 2.15. The fraction of sp³-hybridized carbons (Fsp3) is 0.600. The third-order valence-electron chi connectivity index (χ3n) is 2.28. The number of carbonyl (C=O) groups excluding carboxylic acids is 1. The van der Waals surface area contributed by atoms with E-state index in [1.54, 1.807) is 28.7 Å². The first kappa shape index (κ1) is 13.4. The van der Waals surface area contributed by atoms with Gasteiger partial charge in [0.15, 0.2) is 10.1 Å². The highest BCUT2D eigenvalue weighted by atomic mass is 33.1. The second-order valence-corrected chi connectivity index (χ2v) is 7.07. The van der Waals surface area contributed by atoms with E-state index < -0.39 is 0 Å². The van der Waals surface area contributed by atoms with Gasteiger partial charge in [-0.1, -0.05) is 0 Å². The first-order valence-corrected chi connectivity index (χ1v) is 8.25. The number of hydrogen-bond acceptors (Lipinski definition) is 7. The molecule has 0 atom stereocenters. The minimum Gasteiger partial charge on any atom is -0.379 e. The molecule has 0 saturated carbocycles. The summed E-state index contributed by atoms with van der Waals surface area (Å²) in [5.41, 5.74) is 0.840. The molecule has 4 nitrogen and oxygen atoms in total. The first-order chi connectivity index (χ1) is 8.16. The van der Waals surface area contributed by atoms with Gasteiger partial charge >= 0.3 is 0 Å². The summed E-state index contributed by atoms with van der Waals surface area (Å²) in [4.78, 5) is 16.5. The van der Waals surface area contributed by atoms with Gasteiger partial charge in [0.05, 0.1) is 23.8 Å². The second-order valence-electron chi connectivity index (χ2n) is 3.65. The van der Waals surface area contributed by atoms with E-state index >= 15 is 0 Å². The van der Waals surface area contributed by atoms with Crippen LogP contribution in [0.2, 0.25) is 0 Å². The van der Waals surface area contributed by atoms with Crippen molar-refractivity contribution >= 4 is 38.9 Å². The topological polar surface area (TPSA) is 42.4 Å². The van der Waals surface area contributed by atoms with Crippen LogP contribution < -0.4 is 0 Å². The lowest BCUT2D eigenvalue weighted by Gasteiger charge is -2.23. The predicted octanol–water partition coefficient (Wildman–Crippen LogP) is 2.64. The number of morpholine rings is 1. The Kier molecular flexibility index (Phi) is 4.87. The van der Waals surface area contributed by atoms with Crippen LogP contribution in [0.25, 0.3) is 0 Å². The summed E-state index contributed by atoms with van der Waals surface area (Å²) in [7, 11) is 3.31. The Hall–Kier alpha value is -0.0800. The minimum absolute atomic E-state index is 0.100. The van der Waals surface area contributed by atoms with Crippen LogP contribution in [0.15, 0.2) is 4.34 Å². The molecule has 1 fully saturated rings. The largest absolute Gasteiger partial charge is 0.379 e. The van der Waals surface area contributed by atoms with Gasteiger partial charge in [0.1, 0.15) is 0 Å². The molecule has 1 aromatic heterocycles. The molecule has 1 aromatic rings. The van der Waals surface area contributed by atoms with Gasteiger partial charge in [-0.2, -0.15) is 0 Å². The van der Waals surface area contributed by atoms with Gasteiger partial charge in [-0.15, -0.1) is 11.3 Å². The zero-order valence-electron chi connectivity index (χ0n) is 9.76. The van der Waals surface area contributed by atoms with Crippen molar-refractivity contribution in [2.45, 2.75) is 18.2 Å². The fourth-order valence-electron chi connectivity index (χ4n) is 1.44. The Balaban J connectivity index is 1.90. The van der Waals surface area contributed by atoms with Crippen LogP contribution in [-0.4, -0.2) is 41.4 Å². The zero-order chi connectivity index (χ0) is 12.3. The van der Waals surface area contributed by atoms with Crippen LogP contribution >= 0.6 is 33.1 Å². The Morgan fingerprint density at radius 3 is 2.76 bits per heavy atom. The summed E-state index contributed by atoms with van der Waals surface area (Å²) >= 11 is 1.48. The van der Waals surface area contributed by atoms with Gasteiger partial charge in [-0.25, -0.2) is 9.29 Å². The van der Waals surface area contributed by atoms with E-state index in [1.807, 2.05) is 6.92 Å². The molecule has 0 N–H and O–H groups in total. The number of thiazole rings is 1. The third-order valence-corrected chi connectivity index (χ3v) is 6.36. The van der Waals surface area contributed by atoms with Crippen LogP contribution in [0.5, 0.6) is 0 Å². The highest BCUT2D eigenvalue weighted by Crippen LogP contribution is 2.37. The molecule has 1 saturated heterocycles. The Labute approximate surface area is 113 Å². The van der Waals surface area contributed by atoms with Crippen molar-refractivity contribution in [3.63, 3.8) is 0 Å². The number of nitrogens with zero attached hydrogens (tertiary/aromatic N) is 2. The molecular weight excluding hydrogens is 276 g/mol. The molecule has 2 heterocycles. The minimum atomic E-state index is 0.100. The monoisotopic (exact) mass is 290 g/mol. The average molecular weight is 290 g/mol. The summed E-state index contributed by atoms with van der Waals surface area (Å²) in [5.74, 6) is 0.100. The molecule has 0 amide bonds. The summed E-state index contributed by atoms with van der Waals surface area (Å²) in [5, 5.41) is 0. The number of Topliss-reactive ketones (excluding diaryl/α,β-unsaturated/α-hetero) is 1. The molecule has 7 heteroatoms. The smallest absolute Gasteiger partial charge is 0.171 e. The van der Waals surface area contributed by atoms with E-state index in [0.717, 1.165) is 41.2 Å². The van der Waals surface area contributed by atoms with Gasteiger partial charge in [0, 0.05) is 20.0 Å². The SMILES string of the molecule is CC(=O)c1sc(SSN2CCOCC2)nc1C. The quantitative estimate of drug-likeness (QED) is 0.482. The number of ether oxygens (including phenoxy) is 1. The molecule has 94 valence electrons. The van der Waals surface area contributed by atoms with Gasteiger partial charge in [0.2, 0.25) is 0 Å². The van der Waals surface area contributed by atoms with Crippen molar-refractivity contribution in [1.82, 2.24) is 9.29 Å². The number of aryl methyl sites for hydroxylation is 1. The number of ketones is 1. The number of carbonyl (C=O) groups is 1. The van der Waals surface area contributed by atoms with Gasteiger partial charge in [-0.05, 0) is 28.7 Å². The molecule has 0 spiro atoms. The molecule has 0 bridgehead atoms. The fourth-order valence-corrected chi connectivity index (χ4v) is 4.81. The standard InChI is InChI=1S/C10H14N2O2S3/c1-7-9(8(2)13)15-10(11-7)16-17-12-3-5-14-6-4-12/h3-6H2,1-2H3. The normalized spacial score (nSPS) is 17.3. The maximum absolute atomic E-state index is 11.3. The van der Waals surface area contributed by atoms with E-state index in [2.05, 4.69) is 9.29 Å². The lowest BCUT2D eigenvalue weighted by Crippen LogP contribution is -2.30. The van der Waals surface area contributed by atoms with Crippen LogP contribution in [0, 0.1) is 6.92 Å². The second kappa shape index (κ2) is 6.19. The Bertz CT molecular complexity index is 402. The highest BCUT2D eigenvalue weighted by molar-refractivity contribution is 8.76. The van der Waals surface area contributed by atoms with Crippen LogP contribution in [0.4, 0.5) is 0 Å². The molecule has 0 aliphatic carbocycles. The van der Waals surface area contributed by atoms with Crippen molar-refractivity contribution in [3.8, 4) is 0 Å². The lowest BCUT2D eigenvalue weighted by molar-refractivity contribution is 0.0779. The maximum Gasteiger partial charge on any atom is 0.171 e. The first-order valence-electron chi connectivity index (χ1n) is 5.32. The van der Waals surface area contributed by atoms with Gasteiger partial charge < -0.3 is 4.74 Å². The number of rotatable bonds is 4. The van der Waals surface area contributed by atoms with Crippen molar-refractivity contribution in [3.05, 3.63) is 10.6 Å². The van der Waals surface area contributed by atoms with E-state index in [9.17, 15) is 4.79 Å². The summed E-state index contributed by atoms with van der Waals surface area (Å²) in [6.07, 6.45) is 0. The lowest BCUT2D eigenvalue weighted by atomic mass is 10.3. The average Bonchev–Trinajstić information content (AvgIpc) is 2.69. The number of aromatic nitrogens is 1. The van der Waals surface area contributed by atoms with E-state index in [4.69, 9.17) is 4.74 Å². The van der Waals surface area contributed by atoms with Gasteiger partial charge in [-0.3, -0.25) is 4.79 Å². The zero-order valence-corrected chi connectivity index (χ0v) is 12.2. The van der Waals surface area contributed by atoms with Crippen molar-refractivity contribution in [1.29, 1.82) is 0 Å². The summed E-state index contributed by atoms with van der Waals surface area (Å²) in [6.45, 7) is 6.95. The van der Waals surface area contributed by atoms with Gasteiger partial charge in [0.25, 0.3) is 0 Å². The van der Waals surface area contributed by atoms with Crippen LogP contribution in [-0.2, 0) is 4.74 Å². The Morgan fingerprint density at radius 1 is 1.47 bits per heavy atom. The molecule has 17 heavy (non-hydrogen) atoms. The molecule has 0 radical (unpaired) electrons. The number of hydrogen-bond donors (Lipinski definition) is 0. The molecular formula is C10H14N2O2S3. The molecule has 0 unspecified atom stereocenters. The van der Waals surface area contributed by atoms with E-state index in [1.165, 1.54) is 11.3 Å². The van der Waals surface area contributed by atoms with Crippen LogP contribution in [0.1, 0.15) is 22.3 Å². The van der Waals surface area contributed by atoms with Crippen molar-refractivity contribution in [2.24, 2.45) is 0 Å². The summed E-state index contributed by atoms with van der Waals surface area (Å²) in [6, 6.07) is 0. The molecule has 1 aliphatic rings. The summed E-state index contributed by atoms with van der Waals surface area (Å²) < 4.78 is 8.50. The molecule has 1 aliphatic heterocycles. The molecule has 0 aromatic carbocycles. The van der Waals surface area contributed by atoms with Crippen molar-refractivity contribution < 1.29 is 9.53 Å². The third kappa shape index (κ3) is 3.69. The van der Waals surface area contributed by atoms with Crippen LogP contribution in [0.3, 0.4) is 0 Å². The predicted molar refractivity (Wildman–Crippen MR) is 72.7 cm³/mol. The molecule has 2 rings (SSSR count). The Morgan fingerprint density at radius 2 is 2.18 bits per heavy atom. The maximum atomic E-state index is 11.3. The van der Waals surface area contributed by atoms with E-state index in [-0.39, 0.29) is 5.78 Å². The van der Waals surface area contributed by atoms with E-state index in [0.29, 0.717) is 0 Å².